The maximum Gasteiger partial charge on any atom is 0.491 e. The number of likely N-dealkylation sites (N-methyl/N-ethyl adjacent to an activating group) is 1. The lowest BCUT2D eigenvalue weighted by atomic mass is 9.99. The molecule has 27 heavy (non-hydrogen) atoms. The second kappa shape index (κ2) is 8.53. The number of alkyl halides is 3. The van der Waals surface area contributed by atoms with E-state index >= 15 is 0 Å². The summed E-state index contributed by atoms with van der Waals surface area (Å²) in [7, 11) is 2.19. The normalized spacial score (nSPS) is 17.0. The summed E-state index contributed by atoms with van der Waals surface area (Å²) >= 11 is 0. The molecule has 1 heterocycles. The van der Waals surface area contributed by atoms with Gasteiger partial charge in [-0.2, -0.15) is 13.2 Å². The van der Waals surface area contributed by atoms with Crippen LogP contribution in [0.15, 0.2) is 29.8 Å². The molecule has 0 radical (unpaired) electrons. The van der Waals surface area contributed by atoms with Gasteiger partial charge in [-0.25, -0.2) is 4.79 Å². The van der Waals surface area contributed by atoms with Gasteiger partial charge in [0.15, 0.2) is 0 Å². The van der Waals surface area contributed by atoms with Gasteiger partial charge >= 0.3 is 17.9 Å². The molecule has 0 spiro atoms. The molecular formula is C18H21F3N2O4. The van der Waals surface area contributed by atoms with Crippen LogP contribution in [0.3, 0.4) is 0 Å². The van der Waals surface area contributed by atoms with Crippen molar-refractivity contribution in [3.8, 4) is 0 Å². The minimum atomic E-state index is -5.27. The second-order valence-corrected chi connectivity index (χ2v) is 5.96. The largest absolute Gasteiger partial charge is 0.491 e. The minimum absolute atomic E-state index is 0.0330. The van der Waals surface area contributed by atoms with Crippen molar-refractivity contribution in [1.82, 2.24) is 10.6 Å². The highest BCUT2D eigenvalue weighted by Gasteiger charge is 2.51. The number of halogens is 3. The Morgan fingerprint density at radius 3 is 2.22 bits per heavy atom. The maximum absolute atomic E-state index is 12.6. The monoisotopic (exact) mass is 386 g/mol. The highest BCUT2D eigenvalue weighted by Crippen LogP contribution is 2.31. The van der Waals surface area contributed by atoms with Crippen molar-refractivity contribution in [2.75, 3.05) is 27.2 Å². The van der Waals surface area contributed by atoms with Crippen molar-refractivity contribution < 1.29 is 32.2 Å². The van der Waals surface area contributed by atoms with Gasteiger partial charge < -0.3 is 20.1 Å². The van der Waals surface area contributed by atoms with Gasteiger partial charge in [0.05, 0.1) is 0 Å². The van der Waals surface area contributed by atoms with Crippen LogP contribution in [0.25, 0.3) is 6.08 Å². The predicted molar refractivity (Wildman–Crippen MR) is 91.4 cm³/mol. The van der Waals surface area contributed by atoms with Crippen LogP contribution < -0.4 is 10.6 Å². The van der Waals surface area contributed by atoms with Crippen molar-refractivity contribution in [1.29, 1.82) is 0 Å². The van der Waals surface area contributed by atoms with Gasteiger partial charge in [0.1, 0.15) is 0 Å². The van der Waals surface area contributed by atoms with Gasteiger partial charge in [-0.3, -0.25) is 4.79 Å². The fraction of sp³-hybridized carbons (Fsp3) is 0.444. The molecule has 9 heteroatoms. The Labute approximate surface area is 154 Å². The number of benzene rings is 1. The quantitative estimate of drug-likeness (QED) is 0.599. The Kier molecular flexibility index (Phi) is 6.61. The van der Waals surface area contributed by atoms with E-state index in [2.05, 4.69) is 15.4 Å². The fourth-order valence-corrected chi connectivity index (χ4v) is 2.77. The van der Waals surface area contributed by atoms with Crippen LogP contribution in [0, 0.1) is 0 Å². The number of rotatable bonds is 5. The molecule has 1 fully saturated rings. The summed E-state index contributed by atoms with van der Waals surface area (Å²) in [5.41, 5.74) is 2.03. The highest BCUT2D eigenvalue weighted by molar-refractivity contribution is 5.88. The number of amides is 1. The summed E-state index contributed by atoms with van der Waals surface area (Å²) in [5, 5.41) is 5.41. The Bertz CT molecular complexity index is 708. The van der Waals surface area contributed by atoms with Crippen molar-refractivity contribution in [3.63, 3.8) is 0 Å². The molecule has 1 amide bonds. The van der Waals surface area contributed by atoms with Crippen molar-refractivity contribution in [2.45, 2.75) is 24.8 Å². The number of hydrogen-bond donors (Lipinski definition) is 2. The Morgan fingerprint density at radius 1 is 1.15 bits per heavy atom. The summed E-state index contributed by atoms with van der Waals surface area (Å²) < 4.78 is 47.4. The summed E-state index contributed by atoms with van der Waals surface area (Å²) in [5.74, 6) is -6.09. The van der Waals surface area contributed by atoms with Gasteiger partial charge in [0.25, 0.3) is 5.91 Å². The molecule has 1 saturated heterocycles. The van der Waals surface area contributed by atoms with Crippen molar-refractivity contribution >= 4 is 18.0 Å². The second-order valence-electron chi connectivity index (χ2n) is 5.96. The number of nitrogens with one attached hydrogen (secondary N) is 2. The lowest BCUT2D eigenvalue weighted by Crippen LogP contribution is -2.50. The van der Waals surface area contributed by atoms with Gasteiger partial charge in [0, 0.05) is 19.7 Å². The zero-order chi connectivity index (χ0) is 20.1. The molecule has 0 aromatic heterocycles. The summed E-state index contributed by atoms with van der Waals surface area (Å²) in [4.78, 5) is 23.6. The highest BCUT2D eigenvalue weighted by atomic mass is 19.4. The number of piperidine rings is 1. The lowest BCUT2D eigenvalue weighted by molar-refractivity contribution is -0.254. The molecule has 1 aromatic carbocycles. The molecule has 6 nitrogen and oxygen atoms in total. The van der Waals surface area contributed by atoms with Gasteiger partial charge in [-0.05, 0) is 31.5 Å². The van der Waals surface area contributed by atoms with E-state index in [0.29, 0.717) is 0 Å². The molecular weight excluding hydrogens is 365 g/mol. The zero-order valence-electron chi connectivity index (χ0n) is 15.0. The summed E-state index contributed by atoms with van der Waals surface area (Å²) in [6.45, 7) is 1.78. The number of ether oxygens (including phenoxy) is 2. The zero-order valence-corrected chi connectivity index (χ0v) is 15.0. The molecule has 0 bridgehead atoms. The van der Waals surface area contributed by atoms with Crippen LogP contribution in [-0.4, -0.2) is 45.3 Å². The van der Waals surface area contributed by atoms with E-state index in [1.165, 1.54) is 24.8 Å². The standard InChI is InChI=1S/C18H21F3N2O4/c1-22-15(24)17(26-2,27-16(25)18(19,20)21)14-5-3-12(4-6-14)11-13-7-9-23-10-8-13/h3-6,11,23H,7-10H2,1-2H3,(H,22,24). The van der Waals surface area contributed by atoms with E-state index in [1.807, 2.05) is 6.08 Å². The molecule has 1 unspecified atom stereocenters. The minimum Gasteiger partial charge on any atom is -0.412 e. The van der Waals surface area contributed by atoms with Crippen molar-refractivity contribution in [2.24, 2.45) is 0 Å². The average Bonchev–Trinajstić information content (AvgIpc) is 2.66. The van der Waals surface area contributed by atoms with E-state index in [9.17, 15) is 22.8 Å². The topological polar surface area (TPSA) is 76.7 Å². The molecule has 0 saturated carbocycles. The number of carbonyl (C=O) groups is 2. The summed E-state index contributed by atoms with van der Waals surface area (Å²) in [6, 6.07) is 6.05. The first kappa shape index (κ1) is 20.9. The molecule has 148 valence electrons. The smallest absolute Gasteiger partial charge is 0.412 e. The fourth-order valence-electron chi connectivity index (χ4n) is 2.77. The third-order valence-electron chi connectivity index (χ3n) is 4.19. The van der Waals surface area contributed by atoms with E-state index in [0.717, 1.165) is 38.6 Å². The van der Waals surface area contributed by atoms with Crippen LogP contribution in [0.5, 0.6) is 0 Å². The third kappa shape index (κ3) is 4.86. The first-order valence-corrected chi connectivity index (χ1v) is 8.31. The van der Waals surface area contributed by atoms with Crippen LogP contribution >= 0.6 is 0 Å². The van der Waals surface area contributed by atoms with E-state index in [1.54, 1.807) is 12.1 Å². The molecule has 2 N–H and O–H groups in total. The van der Waals surface area contributed by atoms with E-state index in [-0.39, 0.29) is 5.56 Å². The maximum atomic E-state index is 12.6. The van der Waals surface area contributed by atoms with Gasteiger partial charge in [0.2, 0.25) is 0 Å². The Balaban J connectivity index is 2.35. The molecule has 1 atom stereocenters. The van der Waals surface area contributed by atoms with Crippen LogP contribution in [0.2, 0.25) is 0 Å². The molecule has 1 aliphatic rings. The predicted octanol–water partition coefficient (Wildman–Crippen LogP) is 2.10. The van der Waals surface area contributed by atoms with Crippen LogP contribution in [0.1, 0.15) is 24.0 Å². The first-order valence-electron chi connectivity index (χ1n) is 8.31. The van der Waals surface area contributed by atoms with Crippen LogP contribution in [-0.2, 0) is 24.8 Å². The first-order chi connectivity index (χ1) is 12.7. The SMILES string of the molecule is CNC(=O)C(OC)(OC(=O)C(F)(F)F)c1ccc(C=C2CCNCC2)cc1. The number of hydrogen-bond acceptors (Lipinski definition) is 5. The van der Waals surface area contributed by atoms with Gasteiger partial charge in [-0.1, -0.05) is 35.9 Å². The molecule has 1 aliphatic heterocycles. The lowest BCUT2D eigenvalue weighted by Gasteiger charge is -2.30. The Morgan fingerprint density at radius 2 is 1.74 bits per heavy atom. The van der Waals surface area contributed by atoms with Gasteiger partial charge in [-0.15, -0.1) is 0 Å². The molecule has 1 aromatic rings. The molecule has 0 aliphatic carbocycles. The van der Waals surface area contributed by atoms with Crippen molar-refractivity contribution in [3.05, 3.63) is 41.0 Å². The number of esters is 1. The third-order valence-corrected chi connectivity index (χ3v) is 4.19. The Hall–Kier alpha value is -2.39. The molecule has 2 rings (SSSR count). The van der Waals surface area contributed by atoms with E-state index < -0.39 is 23.8 Å². The number of methoxy groups -OCH3 is 1. The van der Waals surface area contributed by atoms with E-state index in [4.69, 9.17) is 4.74 Å². The number of carbonyl (C=O) groups excluding carboxylic acids is 2. The van der Waals surface area contributed by atoms with Crippen LogP contribution in [0.4, 0.5) is 13.2 Å². The summed E-state index contributed by atoms with van der Waals surface area (Å²) in [6.07, 6.45) is -1.46. The average molecular weight is 386 g/mol.